The summed E-state index contributed by atoms with van der Waals surface area (Å²) in [5.41, 5.74) is 12.2. The van der Waals surface area contributed by atoms with E-state index in [-0.39, 0.29) is 0 Å². The summed E-state index contributed by atoms with van der Waals surface area (Å²) >= 11 is 5.40. The van der Waals surface area contributed by atoms with E-state index in [2.05, 4.69) is 217 Å². The Morgan fingerprint density at radius 2 is 0.764 bits per heavy atom. The number of aromatic nitrogens is 2. The van der Waals surface area contributed by atoms with E-state index in [1.54, 1.807) is 6.26 Å². The fraction of sp³-hybridized carbons (Fsp3) is 0.0196. The number of fused-ring (bicyclic) bond motifs is 9. The highest BCUT2D eigenvalue weighted by atomic mass is 32.1. The highest BCUT2D eigenvalue weighted by Gasteiger charge is 2.17. The molecule has 0 N–H and O–H groups in total. The first-order valence-electron chi connectivity index (χ1n) is 18.4. The van der Waals surface area contributed by atoms with Crippen molar-refractivity contribution in [2.24, 2.45) is 0 Å². The van der Waals surface area contributed by atoms with Crippen LogP contribution in [-0.2, 0) is 0 Å². The Kier molecular flexibility index (Phi) is 9.07. The van der Waals surface area contributed by atoms with Gasteiger partial charge in [0.2, 0.25) is 0 Å². The number of nitrogens with zero attached hydrogens (tertiary/aromatic N) is 2. The van der Waals surface area contributed by atoms with E-state index >= 15 is 0 Å². The number of benzene rings is 8. The summed E-state index contributed by atoms with van der Waals surface area (Å²) in [6, 6.07) is 66.7. The molecule has 0 fully saturated rings. The van der Waals surface area contributed by atoms with Crippen LogP contribution in [0.4, 0.5) is 0 Å². The van der Waals surface area contributed by atoms with E-state index in [4.69, 9.17) is 0 Å². The second-order valence-electron chi connectivity index (χ2n) is 13.4. The zero-order valence-corrected chi connectivity index (χ0v) is 32.2. The van der Waals surface area contributed by atoms with Gasteiger partial charge in [0.25, 0.3) is 0 Å². The fourth-order valence-corrected chi connectivity index (χ4v) is 9.22. The first kappa shape index (κ1) is 34.4. The molecule has 0 aliphatic carbocycles. The van der Waals surface area contributed by atoms with Gasteiger partial charge in [0.1, 0.15) is 0 Å². The first-order chi connectivity index (χ1) is 27.3. The molecule has 0 spiro atoms. The minimum atomic E-state index is 1.18. The molecule has 55 heavy (non-hydrogen) atoms. The molecule has 0 atom stereocenters. The number of thiol groups is 1. The molecule has 11 aromatic rings. The summed E-state index contributed by atoms with van der Waals surface area (Å²) in [6.07, 6.45) is 1.69. The fourth-order valence-electron chi connectivity index (χ4n) is 8.15. The van der Waals surface area contributed by atoms with Gasteiger partial charge in [-0.15, -0.1) is 24.5 Å². The summed E-state index contributed by atoms with van der Waals surface area (Å²) in [4.78, 5) is 0. The standard InChI is InChI=1S/C48H30N2S.C2H4.CH4S/c1-3-11-31(12-4-1)32-19-23-46-39(27-32)38-16-8-10-18-44(38)50(46)36-22-26-48-42(30-36)41-29-34(21-25-47(41)51-48)33-20-24-45-40(28-33)37-15-7-9-17-43(37)49(45)35-13-5-2-6-14-35;2*1-2/h1-30H;1-2H2;2H,1H3. The Balaban J connectivity index is 0.000000963. The number of para-hydroxylation sites is 3. The van der Waals surface area contributed by atoms with Crippen molar-refractivity contribution in [2.75, 3.05) is 6.26 Å². The van der Waals surface area contributed by atoms with Gasteiger partial charge in [0.05, 0.1) is 22.1 Å². The van der Waals surface area contributed by atoms with Crippen molar-refractivity contribution in [1.82, 2.24) is 9.13 Å². The van der Waals surface area contributed by atoms with Crippen molar-refractivity contribution in [2.45, 2.75) is 0 Å². The SMILES string of the molecule is C=C.CS.c1ccc(-c2ccc3c(c2)c2ccccc2n3-c2ccc3sc4ccc(-c5ccc6c(c5)c5ccccc5n6-c5ccccc5)cc4c3c2)cc1. The van der Waals surface area contributed by atoms with Crippen molar-refractivity contribution in [3.8, 4) is 33.6 Å². The normalized spacial score (nSPS) is 11.2. The Morgan fingerprint density at radius 3 is 1.36 bits per heavy atom. The molecular weight excluding hydrogens is 705 g/mol. The molecule has 11 rings (SSSR count). The average Bonchev–Trinajstić information content (AvgIpc) is 3.92. The molecule has 2 nitrogen and oxygen atoms in total. The number of rotatable bonds is 4. The van der Waals surface area contributed by atoms with Gasteiger partial charge < -0.3 is 9.13 Å². The molecule has 3 heterocycles. The van der Waals surface area contributed by atoms with Crippen molar-refractivity contribution < 1.29 is 0 Å². The van der Waals surface area contributed by atoms with Crippen LogP contribution in [0.25, 0.3) is 97.4 Å². The quantitative estimate of drug-likeness (QED) is 0.136. The summed E-state index contributed by atoms with van der Waals surface area (Å²) < 4.78 is 7.42. The van der Waals surface area contributed by atoms with Gasteiger partial charge in [-0.25, -0.2) is 0 Å². The van der Waals surface area contributed by atoms with E-state index < -0.39 is 0 Å². The van der Waals surface area contributed by atoms with Crippen molar-refractivity contribution in [3.63, 3.8) is 0 Å². The summed E-state index contributed by atoms with van der Waals surface area (Å²) in [5, 5.41) is 7.68. The average molecular weight is 743 g/mol. The van der Waals surface area contributed by atoms with Gasteiger partial charge in [-0.2, -0.15) is 12.6 Å². The largest absolute Gasteiger partial charge is 0.309 e. The molecule has 264 valence electrons. The third-order valence-corrected chi connectivity index (χ3v) is 11.7. The van der Waals surface area contributed by atoms with Crippen LogP contribution in [0.2, 0.25) is 0 Å². The topological polar surface area (TPSA) is 9.86 Å². The summed E-state index contributed by atoms with van der Waals surface area (Å²) in [5.74, 6) is 0. The lowest BCUT2D eigenvalue weighted by Gasteiger charge is -2.09. The maximum Gasteiger partial charge on any atom is 0.0541 e. The van der Waals surface area contributed by atoms with Crippen LogP contribution in [-0.4, -0.2) is 15.4 Å². The van der Waals surface area contributed by atoms with Crippen LogP contribution in [0.3, 0.4) is 0 Å². The molecule has 0 amide bonds. The smallest absolute Gasteiger partial charge is 0.0541 e. The predicted molar refractivity (Wildman–Crippen MR) is 245 cm³/mol. The Labute approximate surface area is 330 Å². The second-order valence-corrected chi connectivity index (χ2v) is 14.4. The Hall–Kier alpha value is -6.33. The summed E-state index contributed by atoms with van der Waals surface area (Å²) in [7, 11) is 0. The maximum atomic E-state index is 3.53. The van der Waals surface area contributed by atoms with Crippen LogP contribution in [0, 0.1) is 0 Å². The molecule has 0 aliphatic heterocycles. The van der Waals surface area contributed by atoms with Crippen molar-refractivity contribution in [1.29, 1.82) is 0 Å². The van der Waals surface area contributed by atoms with Crippen LogP contribution >= 0.6 is 24.0 Å². The molecule has 0 radical (unpaired) electrons. The van der Waals surface area contributed by atoms with E-state index in [0.717, 1.165) is 0 Å². The molecular formula is C51H38N2S2. The lowest BCUT2D eigenvalue weighted by Crippen LogP contribution is -1.93. The predicted octanol–water partition coefficient (Wildman–Crippen LogP) is 14.9. The van der Waals surface area contributed by atoms with E-state index in [9.17, 15) is 0 Å². The van der Waals surface area contributed by atoms with Gasteiger partial charge in [0.15, 0.2) is 0 Å². The minimum absolute atomic E-state index is 1.18. The van der Waals surface area contributed by atoms with Gasteiger partial charge in [-0.05, 0) is 107 Å². The van der Waals surface area contributed by atoms with E-state index in [0.29, 0.717) is 0 Å². The number of hydrogen-bond acceptors (Lipinski definition) is 2. The molecule has 0 saturated carbocycles. The van der Waals surface area contributed by atoms with Gasteiger partial charge in [-0.3, -0.25) is 0 Å². The lowest BCUT2D eigenvalue weighted by atomic mass is 10.0. The number of hydrogen-bond donors (Lipinski definition) is 1. The van der Waals surface area contributed by atoms with Gasteiger partial charge in [-0.1, -0.05) is 103 Å². The minimum Gasteiger partial charge on any atom is -0.309 e. The summed E-state index contributed by atoms with van der Waals surface area (Å²) in [6.45, 7) is 6.00. The molecule has 4 heteroatoms. The molecule has 0 bridgehead atoms. The third kappa shape index (κ3) is 5.74. The van der Waals surface area contributed by atoms with E-state index in [1.807, 2.05) is 11.3 Å². The zero-order chi connectivity index (χ0) is 37.5. The van der Waals surface area contributed by atoms with Crippen molar-refractivity contribution in [3.05, 3.63) is 195 Å². The Bertz CT molecular complexity index is 3150. The lowest BCUT2D eigenvalue weighted by molar-refractivity contribution is 1.18. The highest BCUT2D eigenvalue weighted by molar-refractivity contribution is 7.79. The van der Waals surface area contributed by atoms with Crippen molar-refractivity contribution >= 4 is 87.7 Å². The van der Waals surface area contributed by atoms with Gasteiger partial charge in [0, 0.05) is 53.1 Å². The molecule has 0 unspecified atom stereocenters. The zero-order valence-electron chi connectivity index (χ0n) is 30.5. The number of thiophene rings is 1. The van der Waals surface area contributed by atoms with Crippen LogP contribution in [0.15, 0.2) is 195 Å². The highest BCUT2D eigenvalue weighted by Crippen LogP contribution is 2.41. The maximum absolute atomic E-state index is 3.53. The van der Waals surface area contributed by atoms with Crippen LogP contribution in [0.1, 0.15) is 0 Å². The molecule has 3 aromatic heterocycles. The van der Waals surface area contributed by atoms with Crippen LogP contribution < -0.4 is 0 Å². The monoisotopic (exact) mass is 742 g/mol. The second kappa shape index (κ2) is 14.5. The first-order valence-corrected chi connectivity index (χ1v) is 20.1. The molecule has 0 saturated heterocycles. The van der Waals surface area contributed by atoms with Gasteiger partial charge >= 0.3 is 0 Å². The van der Waals surface area contributed by atoms with Crippen LogP contribution in [0.5, 0.6) is 0 Å². The van der Waals surface area contributed by atoms with E-state index in [1.165, 1.54) is 97.4 Å². The Morgan fingerprint density at radius 1 is 0.345 bits per heavy atom. The molecule has 8 aromatic carbocycles. The third-order valence-electron chi connectivity index (χ3n) is 10.5. The molecule has 0 aliphatic rings.